The summed E-state index contributed by atoms with van der Waals surface area (Å²) >= 11 is 0. The Hall–Kier alpha value is -1.93. The van der Waals surface area contributed by atoms with Gasteiger partial charge >= 0.3 is 0 Å². The van der Waals surface area contributed by atoms with Crippen molar-refractivity contribution in [2.45, 2.75) is 64.3 Å². The third kappa shape index (κ3) is 2.91. The standard InChI is InChI=1S/C20H26N2O2/c1-3-4-8-18-12-16-9-10-20(18,13-16)22(21-14-23)19(24)17-7-5-6-15(2)11-17/h5-7,11,16,18H,3-4,8-10,12-13H2,1-2H3. The number of hydrogen-bond acceptors (Lipinski definition) is 3. The number of amides is 1. The summed E-state index contributed by atoms with van der Waals surface area (Å²) in [4.78, 5) is 24.2. The summed E-state index contributed by atoms with van der Waals surface area (Å²) in [6.07, 6.45) is 9.29. The normalized spacial score (nSPS) is 27.8. The SMILES string of the molecule is CCCCC1CC2CCC1(N(N=C=O)C(=O)c1cccc(C)c1)C2. The summed E-state index contributed by atoms with van der Waals surface area (Å²) in [5, 5.41) is 5.42. The predicted octanol–water partition coefficient (Wildman–Crippen LogP) is 4.44. The molecule has 0 aromatic heterocycles. The van der Waals surface area contributed by atoms with Gasteiger partial charge in [-0.25, -0.2) is 9.80 Å². The van der Waals surface area contributed by atoms with E-state index in [2.05, 4.69) is 12.0 Å². The summed E-state index contributed by atoms with van der Waals surface area (Å²) in [6.45, 7) is 4.16. The van der Waals surface area contributed by atoms with Crippen molar-refractivity contribution in [1.82, 2.24) is 5.01 Å². The van der Waals surface area contributed by atoms with Gasteiger partial charge in [-0.05, 0) is 63.0 Å². The molecule has 2 aliphatic rings. The van der Waals surface area contributed by atoms with Crippen LogP contribution >= 0.6 is 0 Å². The van der Waals surface area contributed by atoms with Gasteiger partial charge in [0.05, 0.1) is 5.54 Å². The Kier molecular flexibility index (Phi) is 4.86. The van der Waals surface area contributed by atoms with E-state index in [9.17, 15) is 9.59 Å². The molecule has 1 aromatic rings. The molecule has 4 heteroatoms. The summed E-state index contributed by atoms with van der Waals surface area (Å²) in [6, 6.07) is 7.52. The number of aryl methyl sites for hydroxylation is 1. The van der Waals surface area contributed by atoms with Crippen molar-refractivity contribution in [2.24, 2.45) is 16.9 Å². The van der Waals surface area contributed by atoms with E-state index in [1.54, 1.807) is 6.08 Å². The summed E-state index contributed by atoms with van der Waals surface area (Å²) in [7, 11) is 0. The summed E-state index contributed by atoms with van der Waals surface area (Å²) in [5.41, 5.74) is 1.36. The number of hydrogen-bond donors (Lipinski definition) is 0. The highest BCUT2D eigenvalue weighted by Gasteiger charge is 2.56. The van der Waals surface area contributed by atoms with Gasteiger partial charge in [0, 0.05) is 5.56 Å². The first kappa shape index (κ1) is 16.9. The molecule has 2 aliphatic carbocycles. The van der Waals surface area contributed by atoms with Crippen molar-refractivity contribution >= 4 is 12.0 Å². The zero-order valence-electron chi connectivity index (χ0n) is 14.6. The number of isocyanates is 1. The van der Waals surface area contributed by atoms with Gasteiger partial charge < -0.3 is 0 Å². The summed E-state index contributed by atoms with van der Waals surface area (Å²) < 4.78 is 0. The second-order valence-corrected chi connectivity index (χ2v) is 7.46. The van der Waals surface area contributed by atoms with Crippen LogP contribution in [0.3, 0.4) is 0 Å². The van der Waals surface area contributed by atoms with Crippen LogP contribution in [0.15, 0.2) is 29.4 Å². The van der Waals surface area contributed by atoms with E-state index in [-0.39, 0.29) is 11.4 Å². The topological polar surface area (TPSA) is 49.7 Å². The molecule has 3 rings (SSSR count). The van der Waals surface area contributed by atoms with E-state index in [0.717, 1.165) is 50.5 Å². The average Bonchev–Trinajstić information content (AvgIpc) is 3.16. The van der Waals surface area contributed by atoms with E-state index >= 15 is 0 Å². The number of unbranched alkanes of at least 4 members (excludes halogenated alkanes) is 1. The van der Waals surface area contributed by atoms with E-state index in [1.165, 1.54) is 5.01 Å². The largest absolute Gasteiger partial charge is 0.275 e. The van der Waals surface area contributed by atoms with Gasteiger partial charge in [-0.1, -0.05) is 42.6 Å². The maximum atomic E-state index is 13.1. The Morgan fingerprint density at radius 1 is 1.46 bits per heavy atom. The lowest BCUT2D eigenvalue weighted by atomic mass is 9.78. The summed E-state index contributed by atoms with van der Waals surface area (Å²) in [5.74, 6) is 0.953. The first-order valence-electron chi connectivity index (χ1n) is 9.09. The van der Waals surface area contributed by atoms with Gasteiger partial charge in [0.2, 0.25) is 0 Å². The Bertz CT molecular complexity index is 665. The molecule has 4 nitrogen and oxygen atoms in total. The number of nitrogens with zero attached hydrogens (tertiary/aromatic N) is 2. The zero-order chi connectivity index (χ0) is 17.2. The van der Waals surface area contributed by atoms with Crippen LogP contribution in [0.2, 0.25) is 0 Å². The molecule has 0 N–H and O–H groups in total. The number of carbonyl (C=O) groups is 1. The van der Waals surface area contributed by atoms with E-state index in [1.807, 2.05) is 31.2 Å². The quantitative estimate of drug-likeness (QED) is 0.441. The molecule has 0 spiro atoms. The van der Waals surface area contributed by atoms with Gasteiger partial charge in [-0.3, -0.25) is 4.79 Å². The van der Waals surface area contributed by atoms with Crippen molar-refractivity contribution < 1.29 is 9.59 Å². The van der Waals surface area contributed by atoms with E-state index in [0.29, 0.717) is 17.4 Å². The highest BCUT2D eigenvalue weighted by molar-refractivity contribution is 5.95. The molecular formula is C20H26N2O2. The van der Waals surface area contributed by atoms with Gasteiger partial charge in [0.1, 0.15) is 0 Å². The Labute approximate surface area is 143 Å². The van der Waals surface area contributed by atoms with Crippen LogP contribution in [0.4, 0.5) is 0 Å². The molecule has 0 heterocycles. The van der Waals surface area contributed by atoms with Crippen LogP contribution in [-0.4, -0.2) is 22.5 Å². The van der Waals surface area contributed by atoms with Crippen molar-refractivity contribution in [2.75, 3.05) is 0 Å². The molecule has 0 radical (unpaired) electrons. The molecule has 0 saturated heterocycles. The van der Waals surface area contributed by atoms with Crippen LogP contribution in [0, 0.1) is 18.8 Å². The van der Waals surface area contributed by atoms with Crippen LogP contribution in [0.1, 0.15) is 67.8 Å². The van der Waals surface area contributed by atoms with Crippen molar-refractivity contribution in [1.29, 1.82) is 0 Å². The number of carbonyl (C=O) groups excluding carboxylic acids is 2. The molecule has 128 valence electrons. The Morgan fingerprint density at radius 3 is 2.96 bits per heavy atom. The van der Waals surface area contributed by atoms with E-state index < -0.39 is 0 Å². The second kappa shape index (κ2) is 6.90. The van der Waals surface area contributed by atoms with Crippen LogP contribution < -0.4 is 0 Å². The fourth-order valence-corrected chi connectivity index (χ4v) is 4.84. The first-order valence-corrected chi connectivity index (χ1v) is 9.09. The average molecular weight is 326 g/mol. The molecule has 0 aliphatic heterocycles. The minimum Gasteiger partial charge on any atom is -0.267 e. The maximum Gasteiger partial charge on any atom is 0.275 e. The molecule has 3 unspecified atom stereocenters. The molecule has 3 atom stereocenters. The van der Waals surface area contributed by atoms with Gasteiger partial charge in [0.15, 0.2) is 0 Å². The minimum atomic E-state index is -0.280. The molecule has 1 aromatic carbocycles. The van der Waals surface area contributed by atoms with Crippen LogP contribution in [0.5, 0.6) is 0 Å². The highest BCUT2D eigenvalue weighted by atomic mass is 16.2. The van der Waals surface area contributed by atoms with Gasteiger partial charge in [-0.2, -0.15) is 0 Å². The van der Waals surface area contributed by atoms with Crippen LogP contribution in [0.25, 0.3) is 0 Å². The van der Waals surface area contributed by atoms with Crippen molar-refractivity contribution in [3.63, 3.8) is 0 Å². The Balaban J connectivity index is 1.94. The molecule has 2 bridgehead atoms. The lowest BCUT2D eigenvalue weighted by Crippen LogP contribution is -2.50. The third-order valence-electron chi connectivity index (χ3n) is 5.93. The maximum absolute atomic E-state index is 13.1. The molecule has 1 amide bonds. The number of rotatable bonds is 6. The van der Waals surface area contributed by atoms with E-state index in [4.69, 9.17) is 0 Å². The lowest BCUT2D eigenvalue weighted by molar-refractivity contribution is 0.0311. The predicted molar refractivity (Wildman–Crippen MR) is 93.2 cm³/mol. The monoisotopic (exact) mass is 326 g/mol. The highest BCUT2D eigenvalue weighted by Crippen LogP contribution is 2.56. The molecular weight excluding hydrogens is 300 g/mol. The molecule has 24 heavy (non-hydrogen) atoms. The first-order chi connectivity index (χ1) is 11.6. The fraction of sp³-hybridized carbons (Fsp3) is 0.600. The number of benzene rings is 1. The fourth-order valence-electron chi connectivity index (χ4n) is 4.84. The number of fused-ring (bicyclic) bond motifs is 2. The van der Waals surface area contributed by atoms with Gasteiger partial charge in [0.25, 0.3) is 12.0 Å². The van der Waals surface area contributed by atoms with Crippen molar-refractivity contribution in [3.05, 3.63) is 35.4 Å². The smallest absolute Gasteiger partial charge is 0.267 e. The molecule has 2 fully saturated rings. The number of hydrazone groups is 1. The third-order valence-corrected chi connectivity index (χ3v) is 5.93. The van der Waals surface area contributed by atoms with Gasteiger partial charge in [-0.15, -0.1) is 0 Å². The van der Waals surface area contributed by atoms with Crippen LogP contribution in [-0.2, 0) is 4.79 Å². The Morgan fingerprint density at radius 2 is 2.29 bits per heavy atom. The lowest BCUT2D eigenvalue weighted by Gasteiger charge is -2.41. The minimum absolute atomic E-state index is 0.161. The van der Waals surface area contributed by atoms with Crippen molar-refractivity contribution in [3.8, 4) is 0 Å². The molecule has 2 saturated carbocycles. The zero-order valence-corrected chi connectivity index (χ0v) is 14.6. The second-order valence-electron chi connectivity index (χ2n) is 7.46.